The highest BCUT2D eigenvalue weighted by atomic mass is 32.2. The van der Waals surface area contributed by atoms with E-state index in [-0.39, 0.29) is 18.5 Å². The number of carbonyl (C=O) groups excluding carboxylic acids is 1. The average Bonchev–Trinajstić information content (AvgIpc) is 2.54. The first-order chi connectivity index (χ1) is 8.20. The minimum Gasteiger partial charge on any atom is -0.348 e. The van der Waals surface area contributed by atoms with Gasteiger partial charge in [-0.1, -0.05) is 0 Å². The third-order valence-electron chi connectivity index (χ3n) is 2.49. The van der Waals surface area contributed by atoms with Crippen molar-refractivity contribution in [1.29, 1.82) is 0 Å². The lowest BCUT2D eigenvalue weighted by atomic mass is 10.1. The molecule has 1 atom stereocenters. The molecule has 0 aliphatic carbocycles. The lowest BCUT2D eigenvalue weighted by molar-refractivity contribution is -0.120. The van der Waals surface area contributed by atoms with Gasteiger partial charge in [-0.05, 0) is 20.8 Å². The van der Waals surface area contributed by atoms with E-state index in [1.54, 1.807) is 0 Å². The molecule has 8 heteroatoms. The van der Waals surface area contributed by atoms with Gasteiger partial charge in [-0.25, -0.2) is 13.1 Å². The summed E-state index contributed by atoms with van der Waals surface area (Å²) < 4.78 is 23.8. The minimum atomic E-state index is -3.35. The van der Waals surface area contributed by atoms with Crippen LogP contribution in [0.4, 0.5) is 0 Å². The van der Waals surface area contributed by atoms with Crippen LogP contribution in [-0.2, 0) is 14.8 Å². The van der Waals surface area contributed by atoms with E-state index in [2.05, 4.69) is 20.2 Å². The number of hydrogen-bond donors (Lipinski definition) is 3. The zero-order chi connectivity index (χ0) is 13.9. The minimum absolute atomic E-state index is 0.224. The fourth-order valence-electron chi connectivity index (χ4n) is 1.76. The molecular weight excluding hydrogens is 256 g/mol. The maximum absolute atomic E-state index is 11.5. The largest absolute Gasteiger partial charge is 0.348 e. The Morgan fingerprint density at radius 1 is 1.44 bits per heavy atom. The van der Waals surface area contributed by atoms with Crippen LogP contribution in [0.3, 0.4) is 0 Å². The van der Waals surface area contributed by atoms with Crippen molar-refractivity contribution in [2.45, 2.75) is 26.8 Å². The lowest BCUT2D eigenvalue weighted by Gasteiger charge is -2.14. The van der Waals surface area contributed by atoms with Gasteiger partial charge in [0.2, 0.25) is 15.9 Å². The third kappa shape index (κ3) is 4.11. The number of H-pyrrole nitrogens is 1. The number of aromatic nitrogens is 2. The number of aromatic amines is 1. The third-order valence-corrected chi connectivity index (χ3v) is 3.16. The smallest absolute Gasteiger partial charge is 0.235 e. The first kappa shape index (κ1) is 14.7. The van der Waals surface area contributed by atoms with Crippen molar-refractivity contribution in [3.05, 3.63) is 17.0 Å². The Balaban J connectivity index is 2.60. The van der Waals surface area contributed by atoms with E-state index in [9.17, 15) is 13.2 Å². The molecule has 1 amide bonds. The summed E-state index contributed by atoms with van der Waals surface area (Å²) in [5, 5.41) is 9.59. The number of carbonyl (C=O) groups is 1. The Morgan fingerprint density at radius 3 is 2.50 bits per heavy atom. The van der Waals surface area contributed by atoms with Gasteiger partial charge >= 0.3 is 0 Å². The maximum Gasteiger partial charge on any atom is 0.235 e. The summed E-state index contributed by atoms with van der Waals surface area (Å²) in [6.45, 7) is 5.27. The zero-order valence-corrected chi connectivity index (χ0v) is 11.7. The van der Waals surface area contributed by atoms with Crippen molar-refractivity contribution in [3.63, 3.8) is 0 Å². The molecule has 0 aliphatic heterocycles. The molecule has 1 heterocycles. The second-order valence-electron chi connectivity index (χ2n) is 4.23. The Kier molecular flexibility index (Phi) is 4.47. The summed E-state index contributed by atoms with van der Waals surface area (Å²) in [5.41, 5.74) is 2.62. The highest BCUT2D eigenvalue weighted by Crippen LogP contribution is 2.18. The Bertz CT molecular complexity index is 516. The van der Waals surface area contributed by atoms with Crippen molar-refractivity contribution in [2.24, 2.45) is 0 Å². The number of sulfonamides is 1. The number of rotatable bonds is 5. The van der Waals surface area contributed by atoms with Crippen LogP contribution in [0.5, 0.6) is 0 Å². The van der Waals surface area contributed by atoms with E-state index in [1.807, 2.05) is 20.8 Å². The average molecular weight is 274 g/mol. The monoisotopic (exact) mass is 274 g/mol. The van der Waals surface area contributed by atoms with E-state index in [0.29, 0.717) is 0 Å². The number of hydrogen-bond acceptors (Lipinski definition) is 4. The van der Waals surface area contributed by atoms with Crippen LogP contribution < -0.4 is 10.0 Å². The van der Waals surface area contributed by atoms with E-state index >= 15 is 0 Å². The molecule has 1 aromatic rings. The van der Waals surface area contributed by atoms with Crippen LogP contribution in [0.15, 0.2) is 0 Å². The molecule has 0 aromatic carbocycles. The van der Waals surface area contributed by atoms with Crippen molar-refractivity contribution in [1.82, 2.24) is 20.2 Å². The fraction of sp³-hybridized carbons (Fsp3) is 0.600. The second kappa shape index (κ2) is 5.49. The van der Waals surface area contributed by atoms with Gasteiger partial charge in [-0.3, -0.25) is 9.89 Å². The Morgan fingerprint density at radius 2 is 2.06 bits per heavy atom. The van der Waals surface area contributed by atoms with Crippen molar-refractivity contribution < 1.29 is 13.2 Å². The van der Waals surface area contributed by atoms with Crippen LogP contribution in [-0.4, -0.2) is 37.3 Å². The van der Waals surface area contributed by atoms with Crippen LogP contribution in [0.25, 0.3) is 0 Å². The fourth-order valence-corrected chi connectivity index (χ4v) is 2.15. The van der Waals surface area contributed by atoms with Gasteiger partial charge in [-0.15, -0.1) is 0 Å². The van der Waals surface area contributed by atoms with Gasteiger partial charge in [0.05, 0.1) is 24.5 Å². The normalized spacial score (nSPS) is 13.3. The van der Waals surface area contributed by atoms with Gasteiger partial charge in [-0.2, -0.15) is 5.10 Å². The Hall–Kier alpha value is -1.41. The molecule has 18 heavy (non-hydrogen) atoms. The lowest BCUT2D eigenvalue weighted by Crippen LogP contribution is -2.37. The molecule has 0 bridgehead atoms. The molecule has 0 radical (unpaired) electrons. The molecule has 1 aromatic heterocycles. The van der Waals surface area contributed by atoms with Gasteiger partial charge in [0.25, 0.3) is 0 Å². The van der Waals surface area contributed by atoms with Gasteiger partial charge < -0.3 is 5.32 Å². The van der Waals surface area contributed by atoms with E-state index in [0.717, 1.165) is 23.2 Å². The van der Waals surface area contributed by atoms with E-state index in [4.69, 9.17) is 0 Å². The van der Waals surface area contributed by atoms with Gasteiger partial charge in [0.15, 0.2) is 0 Å². The SMILES string of the molecule is Cc1n[nH]c(C)c1[C@@H](C)NC(=O)CNS(C)(=O)=O. The standard InChI is InChI=1S/C10H18N4O3S/c1-6(10-7(2)13-14-8(10)3)12-9(15)5-11-18(4,16)17/h6,11H,5H2,1-4H3,(H,12,15)(H,13,14)/t6-/m1/s1. The molecule has 0 saturated carbocycles. The number of nitrogens with zero attached hydrogens (tertiary/aromatic N) is 1. The predicted molar refractivity (Wildman–Crippen MR) is 67.5 cm³/mol. The van der Waals surface area contributed by atoms with Crippen LogP contribution in [0, 0.1) is 13.8 Å². The molecule has 0 unspecified atom stereocenters. The first-order valence-corrected chi connectivity index (χ1v) is 7.35. The molecule has 0 spiro atoms. The molecule has 0 aliphatic rings. The van der Waals surface area contributed by atoms with Crippen molar-refractivity contribution >= 4 is 15.9 Å². The van der Waals surface area contributed by atoms with Crippen LogP contribution >= 0.6 is 0 Å². The quantitative estimate of drug-likeness (QED) is 0.689. The van der Waals surface area contributed by atoms with Gasteiger partial charge in [0.1, 0.15) is 0 Å². The highest BCUT2D eigenvalue weighted by Gasteiger charge is 2.16. The molecule has 3 N–H and O–H groups in total. The molecule has 102 valence electrons. The molecular formula is C10H18N4O3S. The van der Waals surface area contributed by atoms with Crippen LogP contribution in [0.2, 0.25) is 0 Å². The van der Waals surface area contributed by atoms with E-state index in [1.165, 1.54) is 0 Å². The van der Waals surface area contributed by atoms with E-state index < -0.39 is 10.0 Å². The van der Waals surface area contributed by atoms with Crippen LogP contribution in [0.1, 0.15) is 29.9 Å². The summed E-state index contributed by atoms with van der Waals surface area (Å²) in [5.74, 6) is -0.382. The Labute approximate surface area is 106 Å². The number of nitrogens with one attached hydrogen (secondary N) is 3. The summed E-state index contributed by atoms with van der Waals surface area (Å²) >= 11 is 0. The number of amides is 1. The topological polar surface area (TPSA) is 104 Å². The summed E-state index contributed by atoms with van der Waals surface area (Å²) in [4.78, 5) is 11.5. The molecule has 0 fully saturated rings. The van der Waals surface area contributed by atoms with Crippen molar-refractivity contribution in [2.75, 3.05) is 12.8 Å². The summed E-state index contributed by atoms with van der Waals surface area (Å²) in [7, 11) is -3.35. The van der Waals surface area contributed by atoms with Crippen molar-refractivity contribution in [3.8, 4) is 0 Å². The summed E-state index contributed by atoms with van der Waals surface area (Å²) in [6, 6.07) is -0.224. The highest BCUT2D eigenvalue weighted by molar-refractivity contribution is 7.88. The number of aryl methyl sites for hydroxylation is 2. The molecule has 1 rings (SSSR count). The molecule has 7 nitrogen and oxygen atoms in total. The second-order valence-corrected chi connectivity index (χ2v) is 6.06. The van der Waals surface area contributed by atoms with Gasteiger partial charge in [0, 0.05) is 11.3 Å². The predicted octanol–water partition coefficient (Wildman–Crippen LogP) is -0.247. The summed E-state index contributed by atoms with van der Waals surface area (Å²) in [6.07, 6.45) is 1.01. The zero-order valence-electron chi connectivity index (χ0n) is 10.9. The molecule has 0 saturated heterocycles. The maximum atomic E-state index is 11.5. The first-order valence-electron chi connectivity index (χ1n) is 5.46.